The summed E-state index contributed by atoms with van der Waals surface area (Å²) in [6, 6.07) is 3.10. The minimum absolute atomic E-state index is 0.0221. The summed E-state index contributed by atoms with van der Waals surface area (Å²) < 4.78 is 25.3. The number of pyridine rings is 1. The number of hydrogen-bond donors (Lipinski definition) is 1. The van der Waals surface area contributed by atoms with E-state index in [1.165, 1.54) is 6.07 Å². The van der Waals surface area contributed by atoms with E-state index in [2.05, 4.69) is 20.9 Å². The second kappa shape index (κ2) is 5.14. The molecule has 0 aliphatic heterocycles. The Kier molecular flexibility index (Phi) is 4.12. The number of nitrogens with two attached hydrogens (primary N) is 1. The van der Waals surface area contributed by atoms with Crippen LogP contribution in [-0.4, -0.2) is 4.98 Å². The Labute approximate surface area is 94.0 Å². The van der Waals surface area contributed by atoms with Gasteiger partial charge < -0.3 is 5.73 Å². The second-order valence-corrected chi connectivity index (χ2v) is 3.65. The summed E-state index contributed by atoms with van der Waals surface area (Å²) in [5.74, 6) is 0. The molecule has 0 spiro atoms. The number of nitrogens with zero attached hydrogens (tertiary/aromatic N) is 2. The Balaban J connectivity index is 3.26. The van der Waals surface area contributed by atoms with Crippen molar-refractivity contribution in [1.82, 2.24) is 4.98 Å². The molecule has 1 rings (SSSR count). The first-order valence-corrected chi connectivity index (χ1v) is 4.92. The molecule has 0 aliphatic rings. The Morgan fingerprint density at radius 3 is 2.73 bits per heavy atom. The van der Waals surface area contributed by atoms with Gasteiger partial charge in [0.05, 0.1) is 18.2 Å². The van der Waals surface area contributed by atoms with E-state index in [0.717, 1.165) is 0 Å². The maximum Gasteiger partial charge on any atom is 0.280 e. The maximum atomic E-state index is 12.4. The highest BCUT2D eigenvalue weighted by atomic mass is 79.9. The molecule has 0 atom stereocenters. The third-order valence-electron chi connectivity index (χ3n) is 1.85. The predicted octanol–water partition coefficient (Wildman–Crippen LogP) is 2.31. The van der Waals surface area contributed by atoms with Crippen LogP contribution in [0.1, 0.15) is 23.4 Å². The van der Waals surface area contributed by atoms with Crippen LogP contribution in [0.15, 0.2) is 10.5 Å². The van der Waals surface area contributed by atoms with Gasteiger partial charge in [0, 0.05) is 16.6 Å². The lowest BCUT2D eigenvalue weighted by Gasteiger charge is -2.09. The van der Waals surface area contributed by atoms with E-state index >= 15 is 0 Å². The van der Waals surface area contributed by atoms with Crippen molar-refractivity contribution in [2.24, 2.45) is 5.73 Å². The van der Waals surface area contributed by atoms with Crippen molar-refractivity contribution in [3.8, 4) is 6.07 Å². The van der Waals surface area contributed by atoms with Crippen LogP contribution in [0.2, 0.25) is 0 Å². The molecule has 0 unspecified atom stereocenters. The molecule has 1 aromatic rings. The standard InChI is InChI=1S/C9H8BrF2N3/c10-6-3-8(9(11)12)15-7(1-2-13)5(6)4-14/h3,9H,1,4,14H2. The van der Waals surface area contributed by atoms with Gasteiger partial charge in [-0.15, -0.1) is 0 Å². The number of rotatable bonds is 3. The summed E-state index contributed by atoms with van der Waals surface area (Å²) in [5, 5.41) is 8.53. The van der Waals surface area contributed by atoms with Gasteiger partial charge in [0.1, 0.15) is 5.69 Å². The monoisotopic (exact) mass is 275 g/mol. The Bertz CT molecular complexity index is 401. The summed E-state index contributed by atoms with van der Waals surface area (Å²) in [4.78, 5) is 3.71. The summed E-state index contributed by atoms with van der Waals surface area (Å²) in [6.45, 7) is 0.161. The molecule has 80 valence electrons. The van der Waals surface area contributed by atoms with Gasteiger partial charge >= 0.3 is 0 Å². The molecule has 1 aromatic heterocycles. The quantitative estimate of drug-likeness (QED) is 0.921. The molecule has 2 N–H and O–H groups in total. The molecule has 0 fully saturated rings. The molecular weight excluding hydrogens is 268 g/mol. The average molecular weight is 276 g/mol. The molecule has 0 aromatic carbocycles. The van der Waals surface area contributed by atoms with E-state index < -0.39 is 6.43 Å². The molecule has 15 heavy (non-hydrogen) atoms. The zero-order valence-electron chi connectivity index (χ0n) is 7.67. The van der Waals surface area contributed by atoms with Crippen LogP contribution in [-0.2, 0) is 13.0 Å². The number of aromatic nitrogens is 1. The smallest absolute Gasteiger partial charge is 0.280 e. The van der Waals surface area contributed by atoms with Gasteiger partial charge in [0.15, 0.2) is 0 Å². The third kappa shape index (κ3) is 2.70. The van der Waals surface area contributed by atoms with Crippen molar-refractivity contribution < 1.29 is 8.78 Å². The molecular formula is C9H8BrF2N3. The van der Waals surface area contributed by atoms with Crippen molar-refractivity contribution in [2.75, 3.05) is 0 Å². The zero-order chi connectivity index (χ0) is 11.4. The van der Waals surface area contributed by atoms with Crippen LogP contribution in [0.4, 0.5) is 8.78 Å². The largest absolute Gasteiger partial charge is 0.326 e. The summed E-state index contributed by atoms with van der Waals surface area (Å²) in [7, 11) is 0. The van der Waals surface area contributed by atoms with Crippen LogP contribution in [0, 0.1) is 11.3 Å². The van der Waals surface area contributed by atoms with E-state index in [1.807, 2.05) is 6.07 Å². The van der Waals surface area contributed by atoms with Gasteiger partial charge in [0.25, 0.3) is 6.43 Å². The van der Waals surface area contributed by atoms with E-state index in [4.69, 9.17) is 11.0 Å². The van der Waals surface area contributed by atoms with E-state index in [0.29, 0.717) is 15.7 Å². The fourth-order valence-electron chi connectivity index (χ4n) is 1.16. The van der Waals surface area contributed by atoms with Crippen molar-refractivity contribution in [3.05, 3.63) is 27.5 Å². The van der Waals surface area contributed by atoms with Gasteiger partial charge in [-0.3, -0.25) is 4.98 Å². The molecule has 0 amide bonds. The SMILES string of the molecule is N#CCc1nc(C(F)F)cc(Br)c1CN. The maximum absolute atomic E-state index is 12.4. The topological polar surface area (TPSA) is 62.7 Å². The van der Waals surface area contributed by atoms with E-state index in [9.17, 15) is 8.78 Å². The van der Waals surface area contributed by atoms with Gasteiger partial charge in [0.2, 0.25) is 0 Å². The Hall–Kier alpha value is -1.06. The molecule has 3 nitrogen and oxygen atoms in total. The zero-order valence-corrected chi connectivity index (χ0v) is 9.26. The Morgan fingerprint density at radius 2 is 2.27 bits per heavy atom. The summed E-state index contributed by atoms with van der Waals surface area (Å²) in [6.07, 6.45) is -2.67. The van der Waals surface area contributed by atoms with Crippen LogP contribution >= 0.6 is 15.9 Å². The number of halogens is 3. The van der Waals surface area contributed by atoms with Crippen molar-refractivity contribution in [2.45, 2.75) is 19.4 Å². The van der Waals surface area contributed by atoms with Crippen LogP contribution < -0.4 is 5.73 Å². The number of alkyl halides is 2. The van der Waals surface area contributed by atoms with Crippen molar-refractivity contribution >= 4 is 15.9 Å². The molecule has 0 saturated heterocycles. The highest BCUT2D eigenvalue weighted by Gasteiger charge is 2.15. The minimum Gasteiger partial charge on any atom is -0.326 e. The minimum atomic E-state index is -2.65. The molecule has 0 saturated carbocycles. The summed E-state index contributed by atoms with van der Waals surface area (Å²) in [5.41, 5.74) is 6.01. The van der Waals surface area contributed by atoms with Gasteiger partial charge in [-0.25, -0.2) is 8.78 Å². The van der Waals surface area contributed by atoms with Crippen LogP contribution in [0.3, 0.4) is 0 Å². The highest BCUT2D eigenvalue weighted by Crippen LogP contribution is 2.25. The number of hydrogen-bond acceptors (Lipinski definition) is 3. The lowest BCUT2D eigenvalue weighted by Crippen LogP contribution is -2.07. The van der Waals surface area contributed by atoms with Crippen molar-refractivity contribution in [3.63, 3.8) is 0 Å². The van der Waals surface area contributed by atoms with E-state index in [-0.39, 0.29) is 18.7 Å². The molecule has 0 radical (unpaired) electrons. The number of nitriles is 1. The Morgan fingerprint density at radius 1 is 1.60 bits per heavy atom. The van der Waals surface area contributed by atoms with Gasteiger partial charge in [-0.2, -0.15) is 5.26 Å². The lowest BCUT2D eigenvalue weighted by atomic mass is 10.1. The fourth-order valence-corrected chi connectivity index (χ4v) is 1.78. The molecule has 0 aliphatic carbocycles. The second-order valence-electron chi connectivity index (χ2n) is 2.79. The van der Waals surface area contributed by atoms with E-state index in [1.54, 1.807) is 0 Å². The molecule has 6 heteroatoms. The molecule has 1 heterocycles. The first-order chi connectivity index (χ1) is 7.10. The average Bonchev–Trinajstić information content (AvgIpc) is 2.17. The van der Waals surface area contributed by atoms with Crippen molar-refractivity contribution in [1.29, 1.82) is 5.26 Å². The van der Waals surface area contributed by atoms with Crippen LogP contribution in [0.5, 0.6) is 0 Å². The van der Waals surface area contributed by atoms with Gasteiger partial charge in [-0.1, -0.05) is 15.9 Å². The van der Waals surface area contributed by atoms with Crippen LogP contribution in [0.25, 0.3) is 0 Å². The molecule has 0 bridgehead atoms. The highest BCUT2D eigenvalue weighted by molar-refractivity contribution is 9.10. The normalized spacial score (nSPS) is 10.4. The van der Waals surface area contributed by atoms with Gasteiger partial charge in [-0.05, 0) is 6.07 Å². The summed E-state index contributed by atoms with van der Waals surface area (Å²) >= 11 is 3.13. The first-order valence-electron chi connectivity index (χ1n) is 4.13. The third-order valence-corrected chi connectivity index (χ3v) is 2.56. The predicted molar refractivity (Wildman–Crippen MR) is 54.1 cm³/mol. The fraction of sp³-hybridized carbons (Fsp3) is 0.333. The lowest BCUT2D eigenvalue weighted by molar-refractivity contribution is 0.145. The first kappa shape index (κ1) is 12.0.